The lowest BCUT2D eigenvalue weighted by molar-refractivity contribution is -0.116. The zero-order chi connectivity index (χ0) is 19.9. The molecule has 0 unspecified atom stereocenters. The van der Waals surface area contributed by atoms with Crippen molar-refractivity contribution < 1.29 is 14.3 Å². The van der Waals surface area contributed by atoms with Crippen LogP contribution < -0.4 is 14.8 Å². The Morgan fingerprint density at radius 2 is 2.04 bits per heavy atom. The van der Waals surface area contributed by atoms with E-state index < -0.39 is 0 Å². The summed E-state index contributed by atoms with van der Waals surface area (Å²) in [6.45, 7) is 4.43. The molecule has 0 saturated heterocycles. The first kappa shape index (κ1) is 19.5. The van der Waals surface area contributed by atoms with Crippen LogP contribution in [0.1, 0.15) is 25.2 Å². The van der Waals surface area contributed by atoms with Crippen LogP contribution in [0.25, 0.3) is 17.1 Å². The number of imidazole rings is 1. The van der Waals surface area contributed by atoms with Crippen LogP contribution in [0.15, 0.2) is 48.5 Å². The second-order valence-electron chi connectivity index (χ2n) is 6.65. The molecular formula is C22H25N3O3. The van der Waals surface area contributed by atoms with Crippen molar-refractivity contribution in [1.82, 2.24) is 15.3 Å². The number of methoxy groups -OCH3 is 1. The van der Waals surface area contributed by atoms with Crippen molar-refractivity contribution in [2.24, 2.45) is 0 Å². The van der Waals surface area contributed by atoms with Gasteiger partial charge in [-0.3, -0.25) is 4.79 Å². The van der Waals surface area contributed by atoms with Gasteiger partial charge < -0.3 is 19.8 Å². The number of carbonyl (C=O) groups excluding carboxylic acids is 1. The van der Waals surface area contributed by atoms with Crippen molar-refractivity contribution in [2.75, 3.05) is 13.7 Å². The number of amides is 1. The number of ether oxygens (including phenoxy) is 2. The fourth-order valence-corrected chi connectivity index (χ4v) is 2.80. The van der Waals surface area contributed by atoms with Crippen molar-refractivity contribution in [2.45, 2.75) is 26.4 Å². The number of benzene rings is 2. The predicted octanol–water partition coefficient (Wildman–Crippen LogP) is 3.73. The average Bonchev–Trinajstić information content (AvgIpc) is 3.09. The van der Waals surface area contributed by atoms with Gasteiger partial charge in [-0.1, -0.05) is 18.2 Å². The standard InChI is InChI=1S/C22H25N3O3/c1-15(2)28-19-10-8-16(14-20(19)27-3)9-11-22(26)23-13-12-21-24-17-6-4-5-7-18(17)25-21/h4-11,14-15H,12-13H2,1-3H3,(H,23,26)(H,24,25)/b11-9+. The average molecular weight is 379 g/mol. The Bertz CT molecular complexity index is 943. The fourth-order valence-electron chi connectivity index (χ4n) is 2.80. The van der Waals surface area contributed by atoms with E-state index in [2.05, 4.69) is 15.3 Å². The largest absolute Gasteiger partial charge is 0.493 e. The topological polar surface area (TPSA) is 76.2 Å². The molecule has 2 aromatic carbocycles. The molecule has 0 aliphatic rings. The van der Waals surface area contributed by atoms with E-state index in [0.717, 1.165) is 22.4 Å². The summed E-state index contributed by atoms with van der Waals surface area (Å²) in [5.41, 5.74) is 2.80. The first-order chi connectivity index (χ1) is 13.5. The summed E-state index contributed by atoms with van der Waals surface area (Å²) in [4.78, 5) is 19.8. The summed E-state index contributed by atoms with van der Waals surface area (Å²) < 4.78 is 11.1. The number of para-hydroxylation sites is 2. The van der Waals surface area contributed by atoms with Gasteiger partial charge in [-0.05, 0) is 49.8 Å². The van der Waals surface area contributed by atoms with Gasteiger partial charge in [-0.2, -0.15) is 0 Å². The molecule has 6 heteroatoms. The van der Waals surface area contributed by atoms with E-state index in [1.807, 2.05) is 56.3 Å². The monoisotopic (exact) mass is 379 g/mol. The van der Waals surface area contributed by atoms with Crippen LogP contribution in [0.5, 0.6) is 11.5 Å². The summed E-state index contributed by atoms with van der Waals surface area (Å²) in [6.07, 6.45) is 3.96. The number of hydrogen-bond donors (Lipinski definition) is 2. The molecule has 2 N–H and O–H groups in total. The third kappa shape index (κ3) is 5.13. The maximum absolute atomic E-state index is 12.1. The van der Waals surface area contributed by atoms with Gasteiger partial charge in [0.15, 0.2) is 11.5 Å². The Hall–Kier alpha value is -3.28. The van der Waals surface area contributed by atoms with Crippen LogP contribution in [0.4, 0.5) is 0 Å². The lowest BCUT2D eigenvalue weighted by atomic mass is 10.2. The second-order valence-corrected chi connectivity index (χ2v) is 6.65. The van der Waals surface area contributed by atoms with Crippen LogP contribution in [0.3, 0.4) is 0 Å². The molecule has 1 aromatic heterocycles. The Labute approximate surface area is 164 Å². The maximum atomic E-state index is 12.1. The van der Waals surface area contributed by atoms with Crippen molar-refractivity contribution in [3.63, 3.8) is 0 Å². The molecule has 0 aliphatic heterocycles. The molecular weight excluding hydrogens is 354 g/mol. The smallest absolute Gasteiger partial charge is 0.244 e. The molecule has 3 rings (SSSR count). The lowest BCUT2D eigenvalue weighted by Gasteiger charge is -2.13. The second kappa shape index (κ2) is 9.08. The van der Waals surface area contributed by atoms with E-state index in [0.29, 0.717) is 24.5 Å². The minimum Gasteiger partial charge on any atom is -0.493 e. The highest BCUT2D eigenvalue weighted by atomic mass is 16.5. The van der Waals surface area contributed by atoms with Crippen molar-refractivity contribution in [1.29, 1.82) is 0 Å². The molecule has 0 radical (unpaired) electrons. The molecule has 0 fully saturated rings. The summed E-state index contributed by atoms with van der Waals surface area (Å²) >= 11 is 0. The van der Waals surface area contributed by atoms with E-state index in [1.54, 1.807) is 13.2 Å². The molecule has 0 atom stereocenters. The van der Waals surface area contributed by atoms with Crippen LogP contribution in [-0.2, 0) is 11.2 Å². The minimum atomic E-state index is -0.155. The van der Waals surface area contributed by atoms with Gasteiger partial charge in [0.05, 0.1) is 24.2 Å². The normalized spacial score (nSPS) is 11.3. The summed E-state index contributed by atoms with van der Waals surface area (Å²) in [5, 5.41) is 2.87. The van der Waals surface area contributed by atoms with E-state index in [-0.39, 0.29) is 12.0 Å². The Kier molecular flexibility index (Phi) is 6.32. The molecule has 0 bridgehead atoms. The van der Waals surface area contributed by atoms with Crippen molar-refractivity contribution >= 4 is 23.0 Å². The highest BCUT2D eigenvalue weighted by Crippen LogP contribution is 2.29. The molecule has 0 saturated carbocycles. The molecule has 1 amide bonds. The first-order valence-corrected chi connectivity index (χ1v) is 9.29. The van der Waals surface area contributed by atoms with Gasteiger partial charge >= 0.3 is 0 Å². The summed E-state index contributed by atoms with van der Waals surface area (Å²) in [6, 6.07) is 13.4. The molecule has 0 spiro atoms. The van der Waals surface area contributed by atoms with Gasteiger partial charge in [-0.15, -0.1) is 0 Å². The van der Waals surface area contributed by atoms with Crippen LogP contribution in [-0.4, -0.2) is 35.6 Å². The molecule has 3 aromatic rings. The lowest BCUT2D eigenvalue weighted by Crippen LogP contribution is -2.23. The van der Waals surface area contributed by atoms with Crippen molar-refractivity contribution in [3.05, 3.63) is 59.9 Å². The molecule has 28 heavy (non-hydrogen) atoms. The van der Waals surface area contributed by atoms with Gasteiger partial charge in [0.25, 0.3) is 0 Å². The van der Waals surface area contributed by atoms with E-state index >= 15 is 0 Å². The highest BCUT2D eigenvalue weighted by molar-refractivity contribution is 5.91. The SMILES string of the molecule is COc1cc(/C=C/C(=O)NCCc2nc3ccccc3[nH]2)ccc1OC(C)C. The van der Waals surface area contributed by atoms with Crippen LogP contribution in [0, 0.1) is 0 Å². The quantitative estimate of drug-likeness (QED) is 0.585. The molecule has 146 valence electrons. The maximum Gasteiger partial charge on any atom is 0.244 e. The first-order valence-electron chi connectivity index (χ1n) is 9.29. The van der Waals surface area contributed by atoms with E-state index in [9.17, 15) is 4.79 Å². The number of hydrogen-bond acceptors (Lipinski definition) is 4. The summed E-state index contributed by atoms with van der Waals surface area (Å²) in [7, 11) is 1.60. The molecule has 1 heterocycles. The van der Waals surface area contributed by atoms with Crippen LogP contribution >= 0.6 is 0 Å². The Morgan fingerprint density at radius 3 is 2.79 bits per heavy atom. The van der Waals surface area contributed by atoms with Gasteiger partial charge in [-0.25, -0.2) is 4.98 Å². The number of carbonyl (C=O) groups is 1. The zero-order valence-electron chi connectivity index (χ0n) is 16.4. The third-order valence-corrected chi connectivity index (χ3v) is 4.08. The van der Waals surface area contributed by atoms with E-state index in [4.69, 9.17) is 9.47 Å². The fraction of sp³-hybridized carbons (Fsp3) is 0.273. The number of fused-ring (bicyclic) bond motifs is 1. The van der Waals surface area contributed by atoms with E-state index in [1.165, 1.54) is 6.08 Å². The molecule has 6 nitrogen and oxygen atoms in total. The van der Waals surface area contributed by atoms with Crippen molar-refractivity contribution in [3.8, 4) is 11.5 Å². The minimum absolute atomic E-state index is 0.0628. The Balaban J connectivity index is 1.53. The number of nitrogens with one attached hydrogen (secondary N) is 2. The number of H-pyrrole nitrogens is 1. The van der Waals surface area contributed by atoms with Gasteiger partial charge in [0.1, 0.15) is 5.82 Å². The number of nitrogens with zero attached hydrogens (tertiary/aromatic N) is 1. The summed E-state index contributed by atoms with van der Waals surface area (Å²) in [5.74, 6) is 2.03. The number of aromatic amines is 1. The third-order valence-electron chi connectivity index (χ3n) is 4.08. The number of aromatic nitrogens is 2. The zero-order valence-corrected chi connectivity index (χ0v) is 16.4. The van der Waals surface area contributed by atoms with Crippen LogP contribution in [0.2, 0.25) is 0 Å². The Morgan fingerprint density at radius 1 is 1.21 bits per heavy atom. The predicted molar refractivity (Wildman–Crippen MR) is 111 cm³/mol. The van der Waals surface area contributed by atoms with Gasteiger partial charge in [0, 0.05) is 19.0 Å². The highest BCUT2D eigenvalue weighted by Gasteiger charge is 2.07. The number of rotatable bonds is 8. The van der Waals surface area contributed by atoms with Gasteiger partial charge in [0.2, 0.25) is 5.91 Å². The molecule has 0 aliphatic carbocycles.